The van der Waals surface area contributed by atoms with Crippen LogP contribution in [-0.2, 0) is 4.79 Å². The lowest BCUT2D eigenvalue weighted by molar-refractivity contribution is -0.135. The smallest absolute Gasteiger partial charge is 0.242 e. The van der Waals surface area contributed by atoms with E-state index >= 15 is 0 Å². The Hall–Kier alpha value is -1.69. The van der Waals surface area contributed by atoms with Gasteiger partial charge in [-0.3, -0.25) is 4.79 Å². The first kappa shape index (κ1) is 17.7. The Morgan fingerprint density at radius 2 is 1.92 bits per heavy atom. The van der Waals surface area contributed by atoms with Crippen molar-refractivity contribution in [3.8, 4) is 0 Å². The highest BCUT2D eigenvalue weighted by atomic mass is 32.1. The summed E-state index contributed by atoms with van der Waals surface area (Å²) in [5, 5.41) is 4.41. The number of aryl methyl sites for hydroxylation is 3. The molecule has 26 heavy (non-hydrogen) atoms. The number of piperidine rings is 1. The van der Waals surface area contributed by atoms with Gasteiger partial charge in [-0.2, -0.15) is 0 Å². The minimum Gasteiger partial charge on any atom is -0.360 e. The van der Waals surface area contributed by atoms with Crippen LogP contribution >= 0.6 is 11.3 Å². The predicted octanol–water partition coefficient (Wildman–Crippen LogP) is 4.21. The van der Waals surface area contributed by atoms with Crippen molar-refractivity contribution in [2.24, 2.45) is 5.92 Å². The fourth-order valence-electron chi connectivity index (χ4n) is 4.68. The Kier molecular flexibility index (Phi) is 4.86. The van der Waals surface area contributed by atoms with Gasteiger partial charge in [-0.25, -0.2) is 9.97 Å². The fraction of sp³-hybridized carbons (Fsp3) is 0.650. The topological polar surface area (TPSA) is 58.1 Å². The summed E-state index contributed by atoms with van der Waals surface area (Å²) >= 11 is 1.70. The first-order valence-electron chi connectivity index (χ1n) is 9.82. The summed E-state index contributed by atoms with van der Waals surface area (Å²) < 4.78 is 0. The summed E-state index contributed by atoms with van der Waals surface area (Å²) in [6.45, 7) is 7.37. The third-order valence-electron chi connectivity index (χ3n) is 6.11. The van der Waals surface area contributed by atoms with Gasteiger partial charge < -0.3 is 10.2 Å². The molecule has 1 N–H and O–H groups in total. The second-order valence-corrected chi connectivity index (χ2v) is 8.98. The first-order chi connectivity index (χ1) is 12.5. The van der Waals surface area contributed by atoms with Crippen LogP contribution in [0.1, 0.15) is 54.8 Å². The van der Waals surface area contributed by atoms with Crippen LogP contribution in [0.3, 0.4) is 0 Å². The van der Waals surface area contributed by atoms with Gasteiger partial charge in [0.1, 0.15) is 16.5 Å². The van der Waals surface area contributed by atoms with Gasteiger partial charge in [-0.05, 0) is 57.9 Å². The molecule has 6 heteroatoms. The lowest BCUT2D eigenvalue weighted by Crippen LogP contribution is -2.51. The SMILES string of the molecule is Cc1nc(NCC(=O)N2CCC[C@@H]3CCCC[C@@H]32)c2c(C)c(C)sc2n1. The summed E-state index contributed by atoms with van der Waals surface area (Å²) in [5.41, 5.74) is 1.21. The molecule has 0 spiro atoms. The molecule has 2 fully saturated rings. The number of nitrogens with zero attached hydrogens (tertiary/aromatic N) is 3. The number of amides is 1. The molecule has 4 rings (SSSR count). The lowest BCUT2D eigenvalue weighted by atomic mass is 9.78. The summed E-state index contributed by atoms with van der Waals surface area (Å²) in [4.78, 5) is 26.5. The van der Waals surface area contributed by atoms with Crippen molar-refractivity contribution in [2.45, 2.75) is 65.3 Å². The predicted molar refractivity (Wildman–Crippen MR) is 107 cm³/mol. The highest BCUT2D eigenvalue weighted by molar-refractivity contribution is 7.18. The Morgan fingerprint density at radius 1 is 1.15 bits per heavy atom. The van der Waals surface area contributed by atoms with Gasteiger partial charge >= 0.3 is 0 Å². The lowest BCUT2D eigenvalue weighted by Gasteiger charge is -2.44. The van der Waals surface area contributed by atoms with Crippen LogP contribution in [-0.4, -0.2) is 39.9 Å². The van der Waals surface area contributed by atoms with Crippen molar-refractivity contribution >= 4 is 33.3 Å². The van der Waals surface area contributed by atoms with Gasteiger partial charge in [0, 0.05) is 17.5 Å². The van der Waals surface area contributed by atoms with Crippen LogP contribution in [0.4, 0.5) is 5.82 Å². The monoisotopic (exact) mass is 372 g/mol. The molecule has 2 aliphatic rings. The van der Waals surface area contributed by atoms with Crippen LogP contribution in [0.5, 0.6) is 0 Å². The van der Waals surface area contributed by atoms with E-state index in [2.05, 4.69) is 34.0 Å². The number of aromatic nitrogens is 2. The molecule has 3 heterocycles. The summed E-state index contributed by atoms with van der Waals surface area (Å²) in [7, 11) is 0. The highest BCUT2D eigenvalue weighted by Gasteiger charge is 2.35. The van der Waals surface area contributed by atoms with Crippen molar-refractivity contribution in [1.29, 1.82) is 0 Å². The summed E-state index contributed by atoms with van der Waals surface area (Å²) in [5.74, 6) is 2.49. The maximum absolute atomic E-state index is 13.0. The zero-order valence-electron chi connectivity index (χ0n) is 16.0. The van der Waals surface area contributed by atoms with Gasteiger partial charge in [0.05, 0.1) is 11.9 Å². The Labute approximate surface area is 159 Å². The van der Waals surface area contributed by atoms with Gasteiger partial charge in [0.2, 0.25) is 5.91 Å². The van der Waals surface area contributed by atoms with E-state index < -0.39 is 0 Å². The molecule has 2 aromatic rings. The molecule has 2 aromatic heterocycles. The Morgan fingerprint density at radius 3 is 2.77 bits per heavy atom. The largest absolute Gasteiger partial charge is 0.360 e. The molecule has 1 saturated heterocycles. The normalized spacial score (nSPS) is 23.1. The number of thiophene rings is 1. The van der Waals surface area contributed by atoms with E-state index in [0.29, 0.717) is 12.6 Å². The van der Waals surface area contributed by atoms with E-state index in [1.165, 1.54) is 42.5 Å². The van der Waals surface area contributed by atoms with E-state index in [-0.39, 0.29) is 5.91 Å². The fourth-order valence-corrected chi connectivity index (χ4v) is 5.75. The van der Waals surface area contributed by atoms with Gasteiger partial charge in [-0.15, -0.1) is 11.3 Å². The summed E-state index contributed by atoms with van der Waals surface area (Å²) in [6, 6.07) is 0.462. The molecule has 2 atom stereocenters. The maximum Gasteiger partial charge on any atom is 0.242 e. The molecule has 1 aliphatic heterocycles. The summed E-state index contributed by atoms with van der Waals surface area (Å²) in [6.07, 6.45) is 7.50. The second-order valence-electron chi connectivity index (χ2n) is 7.78. The van der Waals surface area contributed by atoms with Crippen molar-refractivity contribution < 1.29 is 4.79 Å². The van der Waals surface area contributed by atoms with Crippen LogP contribution in [0.15, 0.2) is 0 Å². The standard InChI is InChI=1S/C20H28N4OS/c1-12-13(2)26-20-18(12)19(22-14(3)23-20)21-11-17(25)24-10-6-8-15-7-4-5-9-16(15)24/h15-16H,4-11H2,1-3H3,(H,21,22,23)/t15-,16-/m0/s1. The van der Waals surface area contributed by atoms with Crippen molar-refractivity contribution in [3.05, 3.63) is 16.3 Å². The minimum atomic E-state index is 0.218. The molecule has 0 bridgehead atoms. The van der Waals surface area contributed by atoms with Crippen molar-refractivity contribution in [1.82, 2.24) is 14.9 Å². The number of anilines is 1. The van der Waals surface area contributed by atoms with Crippen molar-refractivity contribution in [2.75, 3.05) is 18.4 Å². The average Bonchev–Trinajstić information content (AvgIpc) is 2.92. The molecule has 1 saturated carbocycles. The number of carbonyl (C=O) groups excluding carboxylic acids is 1. The second kappa shape index (κ2) is 7.14. The van der Waals surface area contributed by atoms with E-state index in [0.717, 1.165) is 40.7 Å². The molecule has 5 nitrogen and oxygen atoms in total. The third-order valence-corrected chi connectivity index (χ3v) is 7.21. The number of carbonyl (C=O) groups is 1. The van der Waals surface area contributed by atoms with E-state index in [1.807, 2.05) is 6.92 Å². The number of hydrogen-bond donors (Lipinski definition) is 1. The van der Waals surface area contributed by atoms with Crippen molar-refractivity contribution in [3.63, 3.8) is 0 Å². The van der Waals surface area contributed by atoms with E-state index in [4.69, 9.17) is 0 Å². The average molecular weight is 373 g/mol. The Bertz CT molecular complexity index is 829. The minimum absolute atomic E-state index is 0.218. The number of hydrogen-bond acceptors (Lipinski definition) is 5. The molecule has 1 aliphatic carbocycles. The van der Waals surface area contributed by atoms with Crippen LogP contribution < -0.4 is 5.32 Å². The first-order valence-corrected chi connectivity index (χ1v) is 10.6. The van der Waals surface area contributed by atoms with Crippen LogP contribution in [0.25, 0.3) is 10.2 Å². The number of fused-ring (bicyclic) bond motifs is 2. The van der Waals surface area contributed by atoms with Gasteiger partial charge in [0.15, 0.2) is 0 Å². The molecule has 0 aromatic carbocycles. The highest BCUT2D eigenvalue weighted by Crippen LogP contribution is 2.36. The third kappa shape index (κ3) is 3.20. The van der Waals surface area contributed by atoms with E-state index in [9.17, 15) is 4.79 Å². The quantitative estimate of drug-likeness (QED) is 0.877. The van der Waals surface area contributed by atoms with Crippen LogP contribution in [0.2, 0.25) is 0 Å². The zero-order valence-corrected chi connectivity index (χ0v) is 16.8. The van der Waals surface area contributed by atoms with Gasteiger partial charge in [-0.1, -0.05) is 12.8 Å². The molecule has 1 amide bonds. The van der Waals surface area contributed by atoms with E-state index in [1.54, 1.807) is 11.3 Å². The van der Waals surface area contributed by atoms with Gasteiger partial charge in [0.25, 0.3) is 0 Å². The molecule has 140 valence electrons. The molecular formula is C20H28N4OS. The number of nitrogens with one attached hydrogen (secondary N) is 1. The Balaban J connectivity index is 1.52. The molecular weight excluding hydrogens is 344 g/mol. The maximum atomic E-state index is 13.0. The number of likely N-dealkylation sites (tertiary alicyclic amines) is 1. The van der Waals surface area contributed by atoms with Crippen LogP contribution in [0, 0.1) is 26.7 Å². The molecule has 0 unspecified atom stereocenters. The molecule has 0 radical (unpaired) electrons. The zero-order chi connectivity index (χ0) is 18.3. The number of rotatable bonds is 3.